The smallest absolute Gasteiger partial charge is 0.227 e. The summed E-state index contributed by atoms with van der Waals surface area (Å²) in [6.07, 6.45) is 0.950. The van der Waals surface area contributed by atoms with Crippen LogP contribution in [-0.4, -0.2) is 23.4 Å². The Balaban J connectivity index is 1.75. The second-order valence-corrected chi connectivity index (χ2v) is 7.56. The molecule has 3 nitrogen and oxygen atoms in total. The first-order valence-corrected chi connectivity index (χ1v) is 9.07. The first kappa shape index (κ1) is 14.8. The molecule has 0 radical (unpaired) electrons. The topological polar surface area (TPSA) is 32.3 Å². The normalized spacial score (nSPS) is 21.6. The van der Waals surface area contributed by atoms with E-state index in [2.05, 4.69) is 35.1 Å². The summed E-state index contributed by atoms with van der Waals surface area (Å²) in [5, 5.41) is 7.53. The average Bonchev–Trinajstić information content (AvgIpc) is 3.19. The summed E-state index contributed by atoms with van der Waals surface area (Å²) in [6.45, 7) is 4.50. The average molecular weight is 320 g/mol. The molecular formula is C16H20N2OS2. The summed E-state index contributed by atoms with van der Waals surface area (Å²) < 4.78 is 0. The van der Waals surface area contributed by atoms with E-state index in [0.717, 1.165) is 26.1 Å². The summed E-state index contributed by atoms with van der Waals surface area (Å²) in [6, 6.07) is 8.60. The third kappa shape index (κ3) is 3.54. The van der Waals surface area contributed by atoms with E-state index >= 15 is 0 Å². The first-order valence-electron chi connectivity index (χ1n) is 7.31. The van der Waals surface area contributed by atoms with Gasteiger partial charge in [-0.1, -0.05) is 12.1 Å². The van der Waals surface area contributed by atoms with Crippen molar-refractivity contribution < 1.29 is 4.79 Å². The van der Waals surface area contributed by atoms with E-state index in [0.29, 0.717) is 0 Å². The molecule has 1 N–H and O–H groups in total. The van der Waals surface area contributed by atoms with Crippen LogP contribution in [0, 0.1) is 5.92 Å². The van der Waals surface area contributed by atoms with Gasteiger partial charge in [0.05, 0.1) is 19.0 Å². The molecule has 0 aromatic carbocycles. The molecule has 0 spiro atoms. The molecule has 2 aromatic rings. The molecule has 1 aliphatic heterocycles. The third-order valence-corrected chi connectivity index (χ3v) is 5.73. The van der Waals surface area contributed by atoms with Gasteiger partial charge in [-0.2, -0.15) is 0 Å². The summed E-state index contributed by atoms with van der Waals surface area (Å²) in [5.41, 5.74) is 0. The fourth-order valence-corrected chi connectivity index (χ4v) is 4.26. The Hall–Kier alpha value is -1.17. The molecule has 2 unspecified atom stereocenters. The first-order chi connectivity index (χ1) is 10.2. The number of nitrogens with zero attached hydrogens (tertiary/aromatic N) is 1. The van der Waals surface area contributed by atoms with Gasteiger partial charge in [0.1, 0.15) is 0 Å². The molecule has 1 amide bonds. The van der Waals surface area contributed by atoms with Crippen LogP contribution in [0.4, 0.5) is 0 Å². The summed E-state index contributed by atoms with van der Waals surface area (Å²) in [5.74, 6) is 0.402. The minimum absolute atomic E-state index is 0.116. The molecule has 1 saturated heterocycles. The molecule has 0 aliphatic carbocycles. The fraction of sp³-hybridized carbons (Fsp3) is 0.438. The van der Waals surface area contributed by atoms with E-state index in [1.807, 2.05) is 17.0 Å². The predicted molar refractivity (Wildman–Crippen MR) is 88.5 cm³/mol. The third-order valence-electron chi connectivity index (χ3n) is 4.01. The van der Waals surface area contributed by atoms with Crippen LogP contribution in [0.2, 0.25) is 0 Å². The van der Waals surface area contributed by atoms with E-state index in [-0.39, 0.29) is 17.9 Å². The number of amides is 1. The molecule has 2 aromatic heterocycles. The minimum Gasteiger partial charge on any atom is -0.332 e. The Bertz CT molecular complexity index is 529. The zero-order chi connectivity index (χ0) is 14.7. The molecule has 2 atom stereocenters. The van der Waals surface area contributed by atoms with Gasteiger partial charge < -0.3 is 10.2 Å². The van der Waals surface area contributed by atoms with Gasteiger partial charge in [0.2, 0.25) is 5.91 Å². The van der Waals surface area contributed by atoms with Crippen LogP contribution in [0.3, 0.4) is 0 Å². The molecule has 21 heavy (non-hydrogen) atoms. The Morgan fingerprint density at radius 2 is 1.86 bits per heavy atom. The lowest BCUT2D eigenvalue weighted by atomic mass is 10.0. The van der Waals surface area contributed by atoms with Crippen LogP contribution in [0.1, 0.15) is 23.1 Å². The van der Waals surface area contributed by atoms with Crippen LogP contribution >= 0.6 is 22.7 Å². The van der Waals surface area contributed by atoms with Crippen LogP contribution in [-0.2, 0) is 17.9 Å². The highest BCUT2D eigenvalue weighted by Gasteiger charge is 2.32. The van der Waals surface area contributed by atoms with Gasteiger partial charge in [-0.25, -0.2) is 0 Å². The van der Waals surface area contributed by atoms with Crippen molar-refractivity contribution in [2.45, 2.75) is 32.5 Å². The van der Waals surface area contributed by atoms with Crippen molar-refractivity contribution >= 4 is 28.6 Å². The van der Waals surface area contributed by atoms with Crippen molar-refractivity contribution in [3.05, 3.63) is 44.8 Å². The van der Waals surface area contributed by atoms with Crippen LogP contribution in [0.15, 0.2) is 35.0 Å². The zero-order valence-electron chi connectivity index (χ0n) is 12.1. The number of carbonyl (C=O) groups excluding carboxylic acids is 1. The second kappa shape index (κ2) is 6.73. The SMILES string of the molecule is CC1NCCC1C(=O)N(Cc1cccs1)Cc1cccs1. The van der Waals surface area contributed by atoms with Gasteiger partial charge in [0.15, 0.2) is 0 Å². The summed E-state index contributed by atoms with van der Waals surface area (Å²) >= 11 is 3.44. The lowest BCUT2D eigenvalue weighted by Gasteiger charge is -2.26. The second-order valence-electron chi connectivity index (χ2n) is 5.49. The quantitative estimate of drug-likeness (QED) is 0.916. The Labute approximate surface area is 133 Å². The van der Waals surface area contributed by atoms with Gasteiger partial charge in [-0.3, -0.25) is 4.79 Å². The maximum atomic E-state index is 12.9. The molecular weight excluding hydrogens is 300 g/mol. The minimum atomic E-state index is 0.116. The van der Waals surface area contributed by atoms with Gasteiger partial charge >= 0.3 is 0 Å². The maximum Gasteiger partial charge on any atom is 0.227 e. The van der Waals surface area contributed by atoms with Crippen LogP contribution < -0.4 is 5.32 Å². The number of hydrogen-bond acceptors (Lipinski definition) is 4. The monoisotopic (exact) mass is 320 g/mol. The maximum absolute atomic E-state index is 12.9. The number of thiophene rings is 2. The molecule has 1 aliphatic rings. The van der Waals surface area contributed by atoms with Gasteiger partial charge in [-0.05, 0) is 42.8 Å². The highest BCUT2D eigenvalue weighted by Crippen LogP contribution is 2.23. The van der Waals surface area contributed by atoms with Crippen molar-refractivity contribution in [1.29, 1.82) is 0 Å². The highest BCUT2D eigenvalue weighted by molar-refractivity contribution is 7.10. The lowest BCUT2D eigenvalue weighted by molar-refractivity contribution is -0.136. The van der Waals surface area contributed by atoms with Gasteiger partial charge in [0, 0.05) is 15.8 Å². The van der Waals surface area contributed by atoms with Gasteiger partial charge in [-0.15, -0.1) is 22.7 Å². The zero-order valence-corrected chi connectivity index (χ0v) is 13.8. The summed E-state index contributed by atoms with van der Waals surface area (Å²) in [7, 11) is 0. The molecule has 112 valence electrons. The highest BCUT2D eigenvalue weighted by atomic mass is 32.1. The largest absolute Gasteiger partial charge is 0.332 e. The Morgan fingerprint density at radius 1 is 1.24 bits per heavy atom. The predicted octanol–water partition coefficient (Wildman–Crippen LogP) is 3.34. The molecule has 3 heterocycles. The van der Waals surface area contributed by atoms with Crippen molar-refractivity contribution in [2.75, 3.05) is 6.54 Å². The molecule has 0 bridgehead atoms. The fourth-order valence-electron chi connectivity index (χ4n) is 2.82. The Kier molecular flexibility index (Phi) is 4.73. The van der Waals surface area contributed by atoms with Crippen molar-refractivity contribution in [1.82, 2.24) is 10.2 Å². The van der Waals surface area contributed by atoms with E-state index in [4.69, 9.17) is 0 Å². The van der Waals surface area contributed by atoms with E-state index < -0.39 is 0 Å². The Morgan fingerprint density at radius 3 is 2.29 bits per heavy atom. The molecule has 5 heteroatoms. The van der Waals surface area contributed by atoms with E-state index in [1.54, 1.807) is 22.7 Å². The van der Waals surface area contributed by atoms with E-state index in [9.17, 15) is 4.79 Å². The lowest BCUT2D eigenvalue weighted by Crippen LogP contribution is -2.39. The number of carbonyl (C=O) groups is 1. The van der Waals surface area contributed by atoms with Crippen molar-refractivity contribution in [3.8, 4) is 0 Å². The number of nitrogens with one attached hydrogen (secondary N) is 1. The molecule has 1 fully saturated rings. The van der Waals surface area contributed by atoms with Crippen molar-refractivity contribution in [2.24, 2.45) is 5.92 Å². The number of rotatable bonds is 5. The van der Waals surface area contributed by atoms with Gasteiger partial charge in [0.25, 0.3) is 0 Å². The molecule has 3 rings (SSSR count). The van der Waals surface area contributed by atoms with E-state index in [1.165, 1.54) is 9.75 Å². The number of hydrogen-bond donors (Lipinski definition) is 1. The van der Waals surface area contributed by atoms with Crippen molar-refractivity contribution in [3.63, 3.8) is 0 Å². The van der Waals surface area contributed by atoms with Crippen LogP contribution in [0.5, 0.6) is 0 Å². The summed E-state index contributed by atoms with van der Waals surface area (Å²) in [4.78, 5) is 17.4. The van der Waals surface area contributed by atoms with Crippen LogP contribution in [0.25, 0.3) is 0 Å². The molecule has 0 saturated carbocycles. The standard InChI is InChI=1S/C16H20N2OS2/c1-12-15(6-7-17-12)16(19)18(10-13-4-2-8-20-13)11-14-5-3-9-21-14/h2-5,8-9,12,15,17H,6-7,10-11H2,1H3.